The zero-order valence-corrected chi connectivity index (χ0v) is 19.6. The lowest BCUT2D eigenvalue weighted by atomic mass is 10.1. The molecule has 0 aromatic heterocycles. The van der Waals surface area contributed by atoms with Crippen LogP contribution < -0.4 is 10.6 Å². The molecule has 4 aromatic rings. The second-order valence-electron chi connectivity index (χ2n) is 7.12. The summed E-state index contributed by atoms with van der Waals surface area (Å²) in [6.07, 6.45) is 0. The monoisotopic (exact) mass is 502 g/mol. The Kier molecular flexibility index (Phi) is 6.89. The van der Waals surface area contributed by atoms with E-state index in [2.05, 4.69) is 26.2 Å². The van der Waals surface area contributed by atoms with Crippen molar-refractivity contribution in [1.82, 2.24) is 0 Å². The molecule has 0 fully saturated rings. The van der Waals surface area contributed by atoms with Crippen LogP contribution in [-0.2, 0) is 4.57 Å². The number of rotatable bonds is 7. The van der Waals surface area contributed by atoms with E-state index in [-0.39, 0.29) is 5.78 Å². The lowest BCUT2D eigenvalue weighted by Crippen LogP contribution is -2.30. The molecule has 32 heavy (non-hydrogen) atoms. The van der Waals surface area contributed by atoms with Crippen LogP contribution in [0.5, 0.6) is 0 Å². The molecule has 4 nitrogen and oxygen atoms in total. The zero-order valence-electron chi connectivity index (χ0n) is 17.1. The van der Waals surface area contributed by atoms with Gasteiger partial charge in [0.25, 0.3) is 0 Å². The summed E-state index contributed by atoms with van der Waals surface area (Å²) < 4.78 is 15.7. The van der Waals surface area contributed by atoms with Crippen molar-refractivity contribution in [2.24, 2.45) is 10.2 Å². The molecule has 0 saturated heterocycles. The lowest BCUT2D eigenvalue weighted by molar-refractivity contribution is 0.0987. The predicted octanol–water partition coefficient (Wildman–Crippen LogP) is 6.76. The largest absolute Gasteiger partial charge is 0.311 e. The standard InChI is InChI=1S/C26H20BrN2O2P/c27-21-16-18-22(19-17-21)28-29-26(25(30)20-10-4-1-5-11-20)32(31,23-12-6-2-7-13-23)24-14-8-3-9-15-24/h1-19,26H/t26-/m1/s1. The summed E-state index contributed by atoms with van der Waals surface area (Å²) in [6.45, 7) is 0. The van der Waals surface area contributed by atoms with Gasteiger partial charge in [0, 0.05) is 20.6 Å². The molecular weight excluding hydrogens is 483 g/mol. The number of benzene rings is 4. The van der Waals surface area contributed by atoms with E-state index in [1.165, 1.54) is 0 Å². The van der Waals surface area contributed by atoms with Gasteiger partial charge in [-0.1, -0.05) is 107 Å². The molecule has 0 aliphatic rings. The third-order valence-electron chi connectivity index (χ3n) is 5.03. The van der Waals surface area contributed by atoms with Crippen molar-refractivity contribution in [3.8, 4) is 0 Å². The summed E-state index contributed by atoms with van der Waals surface area (Å²) >= 11 is 3.40. The van der Waals surface area contributed by atoms with E-state index < -0.39 is 12.9 Å². The van der Waals surface area contributed by atoms with E-state index in [9.17, 15) is 9.36 Å². The minimum absolute atomic E-state index is 0.331. The van der Waals surface area contributed by atoms with E-state index in [4.69, 9.17) is 0 Å². The highest BCUT2D eigenvalue weighted by Crippen LogP contribution is 2.50. The SMILES string of the molecule is O=C(c1ccccc1)[C@H](N=Nc1ccc(Br)cc1)P(=O)(c1ccccc1)c1ccccc1. The first-order valence-electron chi connectivity index (χ1n) is 10.1. The van der Waals surface area contributed by atoms with Crippen LogP contribution in [0, 0.1) is 0 Å². The molecule has 0 aliphatic heterocycles. The number of halogens is 1. The number of nitrogens with zero attached hydrogens (tertiary/aromatic N) is 2. The Morgan fingerprint density at radius 3 is 1.66 bits per heavy atom. The Balaban J connectivity index is 1.90. The van der Waals surface area contributed by atoms with Gasteiger partial charge in [-0.05, 0) is 24.3 Å². The van der Waals surface area contributed by atoms with Crippen LogP contribution in [0.15, 0.2) is 130 Å². The summed E-state index contributed by atoms with van der Waals surface area (Å²) in [5.41, 5.74) is 1.02. The Bertz CT molecular complexity index is 1220. The molecule has 0 radical (unpaired) electrons. The fourth-order valence-electron chi connectivity index (χ4n) is 3.40. The van der Waals surface area contributed by atoms with Crippen LogP contribution in [0.3, 0.4) is 0 Å². The van der Waals surface area contributed by atoms with Gasteiger partial charge in [0.15, 0.2) is 18.7 Å². The highest BCUT2D eigenvalue weighted by Gasteiger charge is 2.42. The second kappa shape index (κ2) is 9.99. The van der Waals surface area contributed by atoms with Crippen molar-refractivity contribution in [1.29, 1.82) is 0 Å². The van der Waals surface area contributed by atoms with Gasteiger partial charge in [0.2, 0.25) is 0 Å². The molecule has 0 N–H and O–H groups in total. The first-order chi connectivity index (χ1) is 15.6. The summed E-state index contributed by atoms with van der Waals surface area (Å²) in [4.78, 5) is 13.7. The Morgan fingerprint density at radius 2 is 1.16 bits per heavy atom. The van der Waals surface area contributed by atoms with Gasteiger partial charge in [-0.25, -0.2) is 0 Å². The quantitative estimate of drug-likeness (QED) is 0.159. The first-order valence-corrected chi connectivity index (χ1v) is 12.6. The van der Waals surface area contributed by atoms with E-state index in [1.54, 1.807) is 60.7 Å². The highest BCUT2D eigenvalue weighted by molar-refractivity contribution is 9.10. The first kappa shape index (κ1) is 22.1. The van der Waals surface area contributed by atoms with E-state index in [0.29, 0.717) is 21.9 Å². The van der Waals surface area contributed by atoms with E-state index >= 15 is 0 Å². The molecule has 4 rings (SSSR count). The highest BCUT2D eigenvalue weighted by atomic mass is 79.9. The molecule has 158 valence electrons. The van der Waals surface area contributed by atoms with Crippen LogP contribution in [0.1, 0.15) is 10.4 Å². The minimum Gasteiger partial charge on any atom is -0.311 e. The van der Waals surface area contributed by atoms with Crippen molar-refractivity contribution in [2.75, 3.05) is 0 Å². The number of carbonyl (C=O) groups excluding carboxylic acids is 1. The second-order valence-corrected chi connectivity index (χ2v) is 10.9. The molecule has 0 saturated carbocycles. The number of hydrogen-bond donors (Lipinski definition) is 0. The van der Waals surface area contributed by atoms with Gasteiger partial charge < -0.3 is 4.57 Å². The summed E-state index contributed by atoms with van der Waals surface area (Å²) in [5.74, 6) is -1.53. The number of hydrogen-bond acceptors (Lipinski definition) is 4. The molecule has 0 amide bonds. The molecule has 0 aliphatic carbocycles. The Morgan fingerprint density at radius 1 is 0.688 bits per heavy atom. The molecule has 0 unspecified atom stereocenters. The maximum atomic E-state index is 14.8. The molecule has 0 heterocycles. The van der Waals surface area contributed by atoms with E-state index in [1.807, 2.05) is 54.6 Å². The molecular formula is C26H20BrN2O2P. The Hall–Kier alpha value is -3.14. The van der Waals surface area contributed by atoms with Crippen LogP contribution in [0.2, 0.25) is 0 Å². The van der Waals surface area contributed by atoms with Gasteiger partial charge in [-0.3, -0.25) is 4.79 Å². The molecule has 0 spiro atoms. The average Bonchev–Trinajstić information content (AvgIpc) is 2.86. The number of azo groups is 1. The molecule has 0 bridgehead atoms. The fourth-order valence-corrected chi connectivity index (χ4v) is 6.44. The van der Waals surface area contributed by atoms with Crippen LogP contribution in [-0.4, -0.2) is 11.6 Å². The number of carbonyl (C=O) groups is 1. The third-order valence-corrected chi connectivity index (χ3v) is 8.71. The predicted molar refractivity (Wildman–Crippen MR) is 133 cm³/mol. The fraction of sp³-hybridized carbons (Fsp3) is 0.0385. The summed E-state index contributed by atoms with van der Waals surface area (Å²) in [7, 11) is -3.52. The normalized spacial score (nSPS) is 12.5. The lowest BCUT2D eigenvalue weighted by Gasteiger charge is -2.24. The number of ketones is 1. The smallest absolute Gasteiger partial charge is 0.197 e. The minimum atomic E-state index is -3.52. The van der Waals surface area contributed by atoms with Gasteiger partial charge in [0.05, 0.1) is 5.69 Å². The maximum absolute atomic E-state index is 14.8. The van der Waals surface area contributed by atoms with Gasteiger partial charge in [-0.15, -0.1) is 0 Å². The average molecular weight is 503 g/mol. The zero-order chi connectivity index (χ0) is 22.4. The van der Waals surface area contributed by atoms with Crippen LogP contribution in [0.4, 0.5) is 5.69 Å². The number of Topliss-reactive ketones (excluding diaryl/α,β-unsaturated/α-hetero) is 1. The van der Waals surface area contributed by atoms with Crippen molar-refractivity contribution >= 4 is 45.2 Å². The summed E-state index contributed by atoms with van der Waals surface area (Å²) in [5, 5.41) is 9.87. The molecule has 4 aromatic carbocycles. The van der Waals surface area contributed by atoms with E-state index in [0.717, 1.165) is 4.47 Å². The van der Waals surface area contributed by atoms with Crippen LogP contribution in [0.25, 0.3) is 0 Å². The topological polar surface area (TPSA) is 58.9 Å². The maximum Gasteiger partial charge on any atom is 0.197 e. The molecule has 6 heteroatoms. The molecule has 1 atom stereocenters. The Labute approximate surface area is 195 Å². The van der Waals surface area contributed by atoms with Crippen molar-refractivity contribution in [3.63, 3.8) is 0 Å². The van der Waals surface area contributed by atoms with Crippen LogP contribution >= 0.6 is 23.1 Å². The van der Waals surface area contributed by atoms with Crippen molar-refractivity contribution in [3.05, 3.63) is 125 Å². The van der Waals surface area contributed by atoms with Gasteiger partial charge in [-0.2, -0.15) is 10.2 Å². The van der Waals surface area contributed by atoms with Crippen molar-refractivity contribution < 1.29 is 9.36 Å². The van der Waals surface area contributed by atoms with Gasteiger partial charge >= 0.3 is 0 Å². The van der Waals surface area contributed by atoms with Gasteiger partial charge in [0.1, 0.15) is 0 Å². The van der Waals surface area contributed by atoms with Crippen molar-refractivity contribution in [2.45, 2.75) is 5.78 Å². The third kappa shape index (κ3) is 4.69. The summed E-state index contributed by atoms with van der Waals surface area (Å²) in [6, 6.07) is 34.2.